The summed E-state index contributed by atoms with van der Waals surface area (Å²) in [6, 6.07) is 10.3. The van der Waals surface area contributed by atoms with Crippen molar-refractivity contribution in [3.63, 3.8) is 0 Å². The van der Waals surface area contributed by atoms with Crippen LogP contribution in [0.1, 0.15) is 17.2 Å². The molecular weight excluding hydrogens is 322 g/mol. The van der Waals surface area contributed by atoms with Crippen LogP contribution in [-0.2, 0) is 11.2 Å². The number of amides is 2. The average molecular weight is 343 g/mol. The number of nitrogens with zero attached hydrogens (tertiary/aromatic N) is 1. The molecule has 2 amide bonds. The summed E-state index contributed by atoms with van der Waals surface area (Å²) in [6.45, 7) is 0.894. The number of aromatic nitrogens is 1. The molecule has 1 aromatic heterocycles. The standard InChI is InChI=1S/C18H21N3O4/c1-24-8-9-25-16-7-6-13(11-19-16)20-18(23)21-17-14-5-3-2-4-12(14)10-15(17)22/h2-7,11,15,17,22H,8-10H2,1H3,(H2,20,21,23)/t15-,17+/m1/s1. The Morgan fingerprint density at radius 1 is 1.28 bits per heavy atom. The summed E-state index contributed by atoms with van der Waals surface area (Å²) in [5.41, 5.74) is 2.54. The Morgan fingerprint density at radius 3 is 2.88 bits per heavy atom. The van der Waals surface area contributed by atoms with Gasteiger partial charge in [0.1, 0.15) is 6.61 Å². The van der Waals surface area contributed by atoms with Gasteiger partial charge < -0.3 is 25.2 Å². The molecule has 1 aliphatic rings. The van der Waals surface area contributed by atoms with Gasteiger partial charge in [-0.05, 0) is 17.2 Å². The molecule has 0 unspecified atom stereocenters. The number of rotatable bonds is 6. The molecule has 0 spiro atoms. The molecule has 0 bridgehead atoms. The lowest BCUT2D eigenvalue weighted by Crippen LogP contribution is -2.36. The number of benzene rings is 1. The zero-order chi connectivity index (χ0) is 17.6. The third kappa shape index (κ3) is 4.26. The lowest BCUT2D eigenvalue weighted by Gasteiger charge is -2.18. The molecular formula is C18H21N3O4. The lowest BCUT2D eigenvalue weighted by molar-refractivity contribution is 0.143. The summed E-state index contributed by atoms with van der Waals surface area (Å²) >= 11 is 0. The highest BCUT2D eigenvalue weighted by Gasteiger charge is 2.31. The Balaban J connectivity index is 1.56. The van der Waals surface area contributed by atoms with Crippen LogP contribution in [0, 0.1) is 0 Å². The molecule has 0 radical (unpaired) electrons. The van der Waals surface area contributed by atoms with Crippen molar-refractivity contribution >= 4 is 11.7 Å². The van der Waals surface area contributed by atoms with Crippen LogP contribution in [0.25, 0.3) is 0 Å². The Morgan fingerprint density at radius 2 is 2.12 bits per heavy atom. The molecule has 0 fully saturated rings. The largest absolute Gasteiger partial charge is 0.475 e. The fraction of sp³-hybridized carbons (Fsp3) is 0.333. The number of fused-ring (bicyclic) bond motifs is 1. The van der Waals surface area contributed by atoms with E-state index < -0.39 is 18.2 Å². The molecule has 7 heteroatoms. The molecule has 0 aliphatic heterocycles. The van der Waals surface area contributed by atoms with Gasteiger partial charge in [-0.15, -0.1) is 0 Å². The van der Waals surface area contributed by atoms with Crippen molar-refractivity contribution in [2.24, 2.45) is 0 Å². The predicted molar refractivity (Wildman–Crippen MR) is 92.7 cm³/mol. The number of aliphatic hydroxyl groups is 1. The molecule has 2 atom stereocenters. The molecule has 132 valence electrons. The monoisotopic (exact) mass is 343 g/mol. The molecule has 1 aromatic carbocycles. The number of carbonyl (C=O) groups excluding carboxylic acids is 1. The number of aliphatic hydroxyl groups excluding tert-OH is 1. The van der Waals surface area contributed by atoms with Crippen molar-refractivity contribution in [2.75, 3.05) is 25.6 Å². The van der Waals surface area contributed by atoms with Crippen molar-refractivity contribution in [1.82, 2.24) is 10.3 Å². The summed E-state index contributed by atoms with van der Waals surface area (Å²) in [5, 5.41) is 15.7. The van der Waals surface area contributed by atoms with Gasteiger partial charge in [-0.2, -0.15) is 0 Å². The van der Waals surface area contributed by atoms with E-state index in [1.165, 1.54) is 6.20 Å². The van der Waals surface area contributed by atoms with Crippen LogP contribution in [0.3, 0.4) is 0 Å². The van der Waals surface area contributed by atoms with E-state index in [2.05, 4.69) is 15.6 Å². The summed E-state index contributed by atoms with van der Waals surface area (Å²) in [5.74, 6) is 0.461. The third-order valence-corrected chi connectivity index (χ3v) is 4.02. The Bertz CT molecular complexity index is 721. The number of nitrogens with one attached hydrogen (secondary N) is 2. The quantitative estimate of drug-likeness (QED) is 0.697. The Hall–Kier alpha value is -2.64. The summed E-state index contributed by atoms with van der Waals surface area (Å²) in [7, 11) is 1.60. The number of urea groups is 1. The van der Waals surface area contributed by atoms with Gasteiger partial charge in [0.15, 0.2) is 0 Å². The van der Waals surface area contributed by atoms with Gasteiger partial charge in [-0.3, -0.25) is 0 Å². The van der Waals surface area contributed by atoms with Crippen LogP contribution in [0.15, 0.2) is 42.6 Å². The number of anilines is 1. The van der Waals surface area contributed by atoms with Gasteiger partial charge >= 0.3 is 6.03 Å². The van der Waals surface area contributed by atoms with Crippen molar-refractivity contribution in [2.45, 2.75) is 18.6 Å². The topological polar surface area (TPSA) is 92.7 Å². The zero-order valence-electron chi connectivity index (χ0n) is 13.9. The molecule has 1 aliphatic carbocycles. The van der Waals surface area contributed by atoms with E-state index >= 15 is 0 Å². The van der Waals surface area contributed by atoms with Crippen LogP contribution >= 0.6 is 0 Å². The zero-order valence-corrected chi connectivity index (χ0v) is 13.9. The second-order valence-corrected chi connectivity index (χ2v) is 5.77. The van der Waals surface area contributed by atoms with Gasteiger partial charge in [0.2, 0.25) is 5.88 Å². The molecule has 1 heterocycles. The first-order valence-corrected chi connectivity index (χ1v) is 8.08. The Kier molecular flexibility index (Phi) is 5.47. The lowest BCUT2D eigenvalue weighted by atomic mass is 10.1. The first-order chi connectivity index (χ1) is 12.2. The van der Waals surface area contributed by atoms with Crippen molar-refractivity contribution in [3.05, 3.63) is 53.7 Å². The maximum absolute atomic E-state index is 12.2. The minimum Gasteiger partial charge on any atom is -0.475 e. The first-order valence-electron chi connectivity index (χ1n) is 8.08. The second kappa shape index (κ2) is 7.96. The molecule has 3 rings (SSSR count). The number of methoxy groups -OCH3 is 1. The van der Waals surface area contributed by atoms with E-state index in [1.807, 2.05) is 24.3 Å². The van der Waals surface area contributed by atoms with E-state index in [4.69, 9.17) is 9.47 Å². The molecule has 3 N–H and O–H groups in total. The molecule has 0 saturated heterocycles. The van der Waals surface area contributed by atoms with Gasteiger partial charge in [0, 0.05) is 19.6 Å². The fourth-order valence-corrected chi connectivity index (χ4v) is 2.83. The van der Waals surface area contributed by atoms with Crippen molar-refractivity contribution in [3.8, 4) is 5.88 Å². The molecule has 7 nitrogen and oxygen atoms in total. The number of hydrogen-bond acceptors (Lipinski definition) is 5. The minimum atomic E-state index is -0.627. The normalized spacial score (nSPS) is 18.5. The number of ether oxygens (including phenoxy) is 2. The van der Waals surface area contributed by atoms with Crippen molar-refractivity contribution in [1.29, 1.82) is 0 Å². The smallest absolute Gasteiger partial charge is 0.319 e. The van der Waals surface area contributed by atoms with Gasteiger partial charge in [0.25, 0.3) is 0 Å². The third-order valence-electron chi connectivity index (χ3n) is 4.02. The van der Waals surface area contributed by atoms with Crippen LogP contribution in [0.2, 0.25) is 0 Å². The molecule has 2 aromatic rings. The first kappa shape index (κ1) is 17.2. The maximum Gasteiger partial charge on any atom is 0.319 e. The fourth-order valence-electron chi connectivity index (χ4n) is 2.83. The predicted octanol–water partition coefficient (Wildman–Crippen LogP) is 1.89. The van der Waals surface area contributed by atoms with Crippen molar-refractivity contribution < 1.29 is 19.4 Å². The number of pyridine rings is 1. The average Bonchev–Trinajstić information content (AvgIpc) is 2.92. The van der Waals surface area contributed by atoms with Crippen LogP contribution in [0.4, 0.5) is 10.5 Å². The van der Waals surface area contributed by atoms with Crippen LogP contribution in [-0.4, -0.2) is 42.5 Å². The molecule has 0 saturated carbocycles. The number of carbonyl (C=O) groups is 1. The highest BCUT2D eigenvalue weighted by atomic mass is 16.5. The van der Waals surface area contributed by atoms with E-state index in [0.29, 0.717) is 31.2 Å². The van der Waals surface area contributed by atoms with Gasteiger partial charge in [0.05, 0.1) is 30.6 Å². The van der Waals surface area contributed by atoms with E-state index in [0.717, 1.165) is 11.1 Å². The Labute approximate surface area is 146 Å². The summed E-state index contributed by atoms with van der Waals surface area (Å²) < 4.78 is 10.3. The summed E-state index contributed by atoms with van der Waals surface area (Å²) in [4.78, 5) is 16.3. The number of hydrogen-bond donors (Lipinski definition) is 3. The minimum absolute atomic E-state index is 0.393. The highest BCUT2D eigenvalue weighted by molar-refractivity contribution is 5.89. The van der Waals surface area contributed by atoms with E-state index in [1.54, 1.807) is 19.2 Å². The maximum atomic E-state index is 12.2. The van der Waals surface area contributed by atoms with Crippen LogP contribution < -0.4 is 15.4 Å². The molecule has 25 heavy (non-hydrogen) atoms. The SMILES string of the molecule is COCCOc1ccc(NC(=O)N[C@H]2c3ccccc3C[C@H]2O)cn1. The van der Waals surface area contributed by atoms with E-state index in [9.17, 15) is 9.90 Å². The van der Waals surface area contributed by atoms with E-state index in [-0.39, 0.29) is 0 Å². The second-order valence-electron chi connectivity index (χ2n) is 5.77. The highest BCUT2D eigenvalue weighted by Crippen LogP contribution is 2.31. The van der Waals surface area contributed by atoms with Gasteiger partial charge in [-0.25, -0.2) is 9.78 Å². The van der Waals surface area contributed by atoms with Crippen LogP contribution in [0.5, 0.6) is 5.88 Å². The van der Waals surface area contributed by atoms with Gasteiger partial charge in [-0.1, -0.05) is 24.3 Å². The summed E-state index contributed by atoms with van der Waals surface area (Å²) in [6.07, 6.45) is 1.43.